The first-order valence-electron chi connectivity index (χ1n) is 7.04. The van der Waals surface area contributed by atoms with Gasteiger partial charge in [-0.3, -0.25) is 4.79 Å². The number of benzene rings is 1. The minimum absolute atomic E-state index is 0.175. The molecular weight excluding hydrogens is 236 g/mol. The molecule has 1 N–H and O–H groups in total. The number of aromatic amines is 1. The van der Waals surface area contributed by atoms with E-state index in [2.05, 4.69) is 23.7 Å². The maximum atomic E-state index is 12.7. The summed E-state index contributed by atoms with van der Waals surface area (Å²) in [7, 11) is 0. The van der Waals surface area contributed by atoms with E-state index in [0.717, 1.165) is 35.9 Å². The number of amides is 1. The number of H-pyrrole nitrogens is 1. The van der Waals surface area contributed by atoms with Crippen molar-refractivity contribution in [3.8, 4) is 0 Å². The normalized spacial score (nSPS) is 15.1. The highest BCUT2D eigenvalue weighted by molar-refractivity contribution is 6.06. The van der Waals surface area contributed by atoms with E-state index >= 15 is 0 Å². The van der Waals surface area contributed by atoms with Crippen LogP contribution in [0.2, 0.25) is 0 Å². The molecule has 3 nitrogen and oxygen atoms in total. The van der Waals surface area contributed by atoms with Gasteiger partial charge in [0.2, 0.25) is 0 Å². The summed E-state index contributed by atoms with van der Waals surface area (Å²) in [5, 5.41) is 1.03. The molecule has 1 amide bonds. The first-order chi connectivity index (χ1) is 9.16. The van der Waals surface area contributed by atoms with Crippen molar-refractivity contribution >= 4 is 16.8 Å². The lowest BCUT2D eigenvalue weighted by Crippen LogP contribution is -2.36. The van der Waals surface area contributed by atoms with Crippen LogP contribution in [0.25, 0.3) is 10.9 Å². The van der Waals surface area contributed by atoms with Crippen molar-refractivity contribution in [3.63, 3.8) is 0 Å². The highest BCUT2D eigenvalue weighted by atomic mass is 16.2. The molecule has 1 heterocycles. The van der Waals surface area contributed by atoms with E-state index in [9.17, 15) is 4.79 Å². The standard InChI is InChI=1S/C16H20N2O/c1-11(2)10-18(12-7-8-12)16(19)14-9-17-15-6-4-3-5-13(14)15/h3-6,9,11-12,17H,7-8,10H2,1-2H3. The summed E-state index contributed by atoms with van der Waals surface area (Å²) >= 11 is 0. The van der Waals surface area contributed by atoms with Crippen LogP contribution in [0, 0.1) is 5.92 Å². The van der Waals surface area contributed by atoms with Gasteiger partial charge in [0, 0.05) is 29.7 Å². The van der Waals surface area contributed by atoms with Gasteiger partial charge in [-0.1, -0.05) is 32.0 Å². The van der Waals surface area contributed by atoms with Gasteiger partial charge in [-0.05, 0) is 24.8 Å². The van der Waals surface area contributed by atoms with Crippen LogP contribution in [-0.4, -0.2) is 28.4 Å². The molecule has 0 unspecified atom stereocenters. The Hall–Kier alpha value is -1.77. The van der Waals surface area contributed by atoms with Gasteiger partial charge >= 0.3 is 0 Å². The summed E-state index contributed by atoms with van der Waals surface area (Å²) in [6, 6.07) is 8.45. The fourth-order valence-electron chi connectivity index (χ4n) is 2.58. The predicted molar refractivity (Wildman–Crippen MR) is 77.2 cm³/mol. The Labute approximate surface area is 113 Å². The molecule has 0 spiro atoms. The Morgan fingerprint density at radius 2 is 2.11 bits per heavy atom. The number of hydrogen-bond donors (Lipinski definition) is 1. The van der Waals surface area contributed by atoms with E-state index < -0.39 is 0 Å². The lowest BCUT2D eigenvalue weighted by Gasteiger charge is -2.24. The van der Waals surface area contributed by atoms with Crippen molar-refractivity contribution in [2.24, 2.45) is 5.92 Å². The fourth-order valence-corrected chi connectivity index (χ4v) is 2.58. The number of para-hydroxylation sites is 1. The average Bonchev–Trinajstić information content (AvgIpc) is 3.14. The molecule has 0 radical (unpaired) electrons. The van der Waals surface area contributed by atoms with Crippen LogP contribution in [0.1, 0.15) is 37.0 Å². The second kappa shape index (κ2) is 4.72. The van der Waals surface area contributed by atoms with Crippen molar-refractivity contribution in [2.45, 2.75) is 32.7 Å². The molecule has 1 aliphatic rings. The molecular formula is C16H20N2O. The highest BCUT2D eigenvalue weighted by Crippen LogP contribution is 2.30. The van der Waals surface area contributed by atoms with Gasteiger partial charge in [-0.2, -0.15) is 0 Å². The number of aromatic nitrogens is 1. The Kier molecular flexibility index (Phi) is 3.05. The monoisotopic (exact) mass is 256 g/mol. The molecule has 3 heteroatoms. The predicted octanol–water partition coefficient (Wildman–Crippen LogP) is 3.43. The molecule has 100 valence electrons. The van der Waals surface area contributed by atoms with Crippen LogP contribution >= 0.6 is 0 Å². The molecule has 1 aliphatic carbocycles. The summed E-state index contributed by atoms with van der Waals surface area (Å²) in [6.07, 6.45) is 4.16. The van der Waals surface area contributed by atoms with Crippen molar-refractivity contribution in [1.82, 2.24) is 9.88 Å². The lowest BCUT2D eigenvalue weighted by molar-refractivity contribution is 0.0724. The van der Waals surface area contributed by atoms with Crippen LogP contribution < -0.4 is 0 Å². The second-order valence-electron chi connectivity index (χ2n) is 5.83. The number of rotatable bonds is 4. The Bertz CT molecular complexity index is 596. The van der Waals surface area contributed by atoms with Crippen LogP contribution in [0.15, 0.2) is 30.5 Å². The maximum absolute atomic E-state index is 12.7. The SMILES string of the molecule is CC(C)CN(C(=O)c1c[nH]c2ccccc12)C1CC1. The molecule has 0 saturated heterocycles. The van der Waals surface area contributed by atoms with Gasteiger partial charge in [-0.15, -0.1) is 0 Å². The quantitative estimate of drug-likeness (QED) is 0.894. The zero-order valence-corrected chi connectivity index (χ0v) is 11.5. The number of fused-ring (bicyclic) bond motifs is 1. The molecule has 1 aromatic carbocycles. The van der Waals surface area contributed by atoms with E-state index in [0.29, 0.717) is 12.0 Å². The van der Waals surface area contributed by atoms with E-state index in [-0.39, 0.29) is 5.91 Å². The third kappa shape index (κ3) is 2.37. The Balaban J connectivity index is 1.93. The molecule has 0 bridgehead atoms. The molecule has 3 rings (SSSR count). The molecule has 1 fully saturated rings. The average molecular weight is 256 g/mol. The molecule has 0 atom stereocenters. The smallest absolute Gasteiger partial charge is 0.256 e. The zero-order valence-electron chi connectivity index (χ0n) is 11.5. The van der Waals surface area contributed by atoms with Crippen LogP contribution in [0.5, 0.6) is 0 Å². The third-order valence-corrected chi connectivity index (χ3v) is 3.63. The first kappa shape index (κ1) is 12.3. The number of nitrogens with one attached hydrogen (secondary N) is 1. The van der Waals surface area contributed by atoms with Gasteiger partial charge in [0.05, 0.1) is 5.56 Å². The van der Waals surface area contributed by atoms with E-state index in [1.807, 2.05) is 30.5 Å². The molecule has 1 aromatic heterocycles. The number of carbonyl (C=O) groups is 1. The minimum Gasteiger partial charge on any atom is -0.360 e. The molecule has 0 aliphatic heterocycles. The number of carbonyl (C=O) groups excluding carboxylic acids is 1. The van der Waals surface area contributed by atoms with Gasteiger partial charge in [0.25, 0.3) is 5.91 Å². The van der Waals surface area contributed by atoms with Gasteiger partial charge in [0.1, 0.15) is 0 Å². The maximum Gasteiger partial charge on any atom is 0.256 e. The summed E-state index contributed by atoms with van der Waals surface area (Å²) < 4.78 is 0. The van der Waals surface area contributed by atoms with Crippen molar-refractivity contribution in [2.75, 3.05) is 6.54 Å². The van der Waals surface area contributed by atoms with Gasteiger partial charge in [-0.25, -0.2) is 0 Å². The topological polar surface area (TPSA) is 36.1 Å². The molecule has 19 heavy (non-hydrogen) atoms. The summed E-state index contributed by atoms with van der Waals surface area (Å²) in [5.74, 6) is 0.684. The Morgan fingerprint density at radius 1 is 1.37 bits per heavy atom. The number of hydrogen-bond acceptors (Lipinski definition) is 1. The lowest BCUT2D eigenvalue weighted by atomic mass is 10.1. The zero-order chi connectivity index (χ0) is 13.4. The fraction of sp³-hybridized carbons (Fsp3) is 0.438. The summed E-state index contributed by atoms with van der Waals surface area (Å²) in [5.41, 5.74) is 1.84. The van der Waals surface area contributed by atoms with Gasteiger partial charge in [0.15, 0.2) is 0 Å². The third-order valence-electron chi connectivity index (χ3n) is 3.63. The van der Waals surface area contributed by atoms with Gasteiger partial charge < -0.3 is 9.88 Å². The van der Waals surface area contributed by atoms with Crippen LogP contribution in [0.3, 0.4) is 0 Å². The first-order valence-corrected chi connectivity index (χ1v) is 7.04. The molecule has 1 saturated carbocycles. The van der Waals surface area contributed by atoms with Crippen LogP contribution in [0.4, 0.5) is 0 Å². The van der Waals surface area contributed by atoms with Crippen molar-refractivity contribution in [3.05, 3.63) is 36.0 Å². The van der Waals surface area contributed by atoms with Crippen molar-refractivity contribution in [1.29, 1.82) is 0 Å². The summed E-state index contributed by atoms with van der Waals surface area (Å²) in [6.45, 7) is 5.18. The largest absolute Gasteiger partial charge is 0.360 e. The highest BCUT2D eigenvalue weighted by Gasteiger charge is 2.34. The van der Waals surface area contributed by atoms with E-state index in [1.54, 1.807) is 0 Å². The minimum atomic E-state index is 0.175. The van der Waals surface area contributed by atoms with E-state index in [1.165, 1.54) is 0 Å². The van der Waals surface area contributed by atoms with Crippen molar-refractivity contribution < 1.29 is 4.79 Å². The summed E-state index contributed by atoms with van der Waals surface area (Å²) in [4.78, 5) is 18.0. The second-order valence-corrected chi connectivity index (χ2v) is 5.83. The van der Waals surface area contributed by atoms with Crippen LogP contribution in [-0.2, 0) is 0 Å². The Morgan fingerprint density at radius 3 is 2.79 bits per heavy atom. The van der Waals surface area contributed by atoms with E-state index in [4.69, 9.17) is 0 Å². The molecule has 2 aromatic rings. The number of nitrogens with zero attached hydrogens (tertiary/aromatic N) is 1.